The van der Waals surface area contributed by atoms with Crippen molar-refractivity contribution in [2.24, 2.45) is 17.1 Å². The molecule has 0 aliphatic carbocycles. The lowest BCUT2D eigenvalue weighted by molar-refractivity contribution is 0.245. The van der Waals surface area contributed by atoms with Gasteiger partial charge in [-0.1, -0.05) is 20.8 Å². The Morgan fingerprint density at radius 2 is 1.83 bits per heavy atom. The van der Waals surface area contributed by atoms with Crippen molar-refractivity contribution < 1.29 is 8.42 Å². The van der Waals surface area contributed by atoms with Crippen molar-refractivity contribution in [1.29, 1.82) is 0 Å². The Bertz CT molecular complexity index is 360. The Labute approximate surface area is 112 Å². The molecular weight excluding hydrogens is 250 g/mol. The van der Waals surface area contributed by atoms with Crippen molar-refractivity contribution in [3.63, 3.8) is 0 Å². The van der Waals surface area contributed by atoms with Crippen molar-refractivity contribution in [2.75, 3.05) is 33.2 Å². The monoisotopic (exact) mass is 277 g/mol. The Balaban J connectivity index is 2.68. The van der Waals surface area contributed by atoms with Gasteiger partial charge in [-0.25, -0.2) is 0 Å². The molecule has 1 rings (SSSR count). The molecule has 0 aromatic heterocycles. The lowest BCUT2D eigenvalue weighted by Crippen LogP contribution is -2.48. The predicted molar refractivity (Wildman–Crippen MR) is 74.4 cm³/mol. The molecule has 1 heterocycles. The van der Waals surface area contributed by atoms with Crippen LogP contribution in [0.2, 0.25) is 0 Å². The highest BCUT2D eigenvalue weighted by Gasteiger charge is 2.32. The first-order valence-corrected chi connectivity index (χ1v) is 8.00. The van der Waals surface area contributed by atoms with Gasteiger partial charge >= 0.3 is 0 Å². The van der Waals surface area contributed by atoms with Gasteiger partial charge in [-0.05, 0) is 30.7 Å². The summed E-state index contributed by atoms with van der Waals surface area (Å²) in [5.41, 5.74) is 5.47. The Morgan fingerprint density at radius 3 is 2.28 bits per heavy atom. The van der Waals surface area contributed by atoms with Gasteiger partial charge in [0.25, 0.3) is 10.2 Å². The molecule has 2 N–H and O–H groups in total. The first-order valence-electron chi connectivity index (χ1n) is 6.60. The van der Waals surface area contributed by atoms with Crippen LogP contribution in [-0.4, -0.2) is 50.3 Å². The lowest BCUT2D eigenvalue weighted by atomic mass is 9.94. The molecule has 6 heteroatoms. The zero-order chi connectivity index (χ0) is 14.0. The molecule has 0 atom stereocenters. The minimum atomic E-state index is -3.32. The lowest BCUT2D eigenvalue weighted by Gasteiger charge is -2.35. The fourth-order valence-corrected chi connectivity index (χ4v) is 3.74. The summed E-state index contributed by atoms with van der Waals surface area (Å²) in [6, 6.07) is 0. The van der Waals surface area contributed by atoms with Crippen LogP contribution in [0.5, 0.6) is 0 Å². The summed E-state index contributed by atoms with van der Waals surface area (Å²) in [4.78, 5) is 0. The molecule has 0 amide bonds. The summed E-state index contributed by atoms with van der Waals surface area (Å²) in [6.45, 7) is 8.34. The van der Waals surface area contributed by atoms with Gasteiger partial charge in [0.05, 0.1) is 0 Å². The van der Waals surface area contributed by atoms with Gasteiger partial charge < -0.3 is 5.73 Å². The number of piperidine rings is 1. The average molecular weight is 277 g/mol. The van der Waals surface area contributed by atoms with Crippen LogP contribution in [-0.2, 0) is 10.2 Å². The average Bonchev–Trinajstić information content (AvgIpc) is 2.29. The molecule has 0 aromatic carbocycles. The van der Waals surface area contributed by atoms with E-state index in [1.54, 1.807) is 11.4 Å². The third-order valence-corrected chi connectivity index (χ3v) is 5.60. The first kappa shape index (κ1) is 15.9. The van der Waals surface area contributed by atoms with E-state index in [0.29, 0.717) is 32.1 Å². The van der Waals surface area contributed by atoms with Crippen LogP contribution in [0.1, 0.15) is 33.6 Å². The molecule has 0 aromatic rings. The third kappa shape index (κ3) is 3.91. The molecule has 0 spiro atoms. The van der Waals surface area contributed by atoms with E-state index in [1.807, 2.05) is 13.8 Å². The van der Waals surface area contributed by atoms with E-state index in [-0.39, 0.29) is 5.41 Å². The maximum absolute atomic E-state index is 12.4. The zero-order valence-electron chi connectivity index (χ0n) is 12.0. The van der Waals surface area contributed by atoms with Crippen molar-refractivity contribution >= 4 is 10.2 Å². The second-order valence-corrected chi connectivity index (χ2v) is 8.25. The van der Waals surface area contributed by atoms with E-state index in [1.165, 1.54) is 4.31 Å². The number of hydrogen-bond donors (Lipinski definition) is 1. The van der Waals surface area contributed by atoms with E-state index in [0.717, 1.165) is 12.8 Å². The quantitative estimate of drug-likeness (QED) is 0.811. The largest absolute Gasteiger partial charge is 0.330 e. The molecule has 1 aliphatic rings. The van der Waals surface area contributed by atoms with Crippen LogP contribution < -0.4 is 5.73 Å². The fourth-order valence-electron chi connectivity index (χ4n) is 2.16. The van der Waals surface area contributed by atoms with Crippen LogP contribution in [0.15, 0.2) is 0 Å². The van der Waals surface area contributed by atoms with Crippen LogP contribution in [0.4, 0.5) is 0 Å². The maximum Gasteiger partial charge on any atom is 0.281 e. The predicted octanol–water partition coefficient (Wildman–Crippen LogP) is 0.880. The first-order chi connectivity index (χ1) is 8.19. The SMILES string of the molecule is CC1CCN(S(=O)(=O)N(C)CC(C)(C)CN)CC1. The third-order valence-electron chi connectivity index (χ3n) is 3.67. The minimum Gasteiger partial charge on any atom is -0.330 e. The van der Waals surface area contributed by atoms with E-state index in [9.17, 15) is 8.42 Å². The molecule has 5 nitrogen and oxygen atoms in total. The number of nitrogens with zero attached hydrogens (tertiary/aromatic N) is 2. The van der Waals surface area contributed by atoms with Crippen molar-refractivity contribution in [2.45, 2.75) is 33.6 Å². The van der Waals surface area contributed by atoms with Gasteiger partial charge in [0.2, 0.25) is 0 Å². The van der Waals surface area contributed by atoms with E-state index < -0.39 is 10.2 Å². The standard InChI is InChI=1S/C12H27N3O2S/c1-11-5-7-15(8-6-11)18(16,17)14(4)10-12(2,3)9-13/h11H,5-10,13H2,1-4H3. The second-order valence-electron chi connectivity index (χ2n) is 6.21. The molecule has 0 radical (unpaired) electrons. The fraction of sp³-hybridized carbons (Fsp3) is 1.00. The number of hydrogen-bond acceptors (Lipinski definition) is 3. The number of nitrogens with two attached hydrogens (primary N) is 1. The second kappa shape index (κ2) is 5.86. The molecule has 0 saturated carbocycles. The maximum atomic E-state index is 12.4. The van der Waals surface area contributed by atoms with Crippen molar-refractivity contribution in [1.82, 2.24) is 8.61 Å². The highest BCUT2D eigenvalue weighted by atomic mass is 32.2. The zero-order valence-corrected chi connectivity index (χ0v) is 12.8. The van der Waals surface area contributed by atoms with Crippen molar-refractivity contribution in [3.8, 4) is 0 Å². The Morgan fingerprint density at radius 1 is 1.33 bits per heavy atom. The molecule has 0 bridgehead atoms. The van der Waals surface area contributed by atoms with E-state index >= 15 is 0 Å². The van der Waals surface area contributed by atoms with Crippen molar-refractivity contribution in [3.05, 3.63) is 0 Å². The van der Waals surface area contributed by atoms with Gasteiger partial charge in [0, 0.05) is 26.7 Å². The topological polar surface area (TPSA) is 66.6 Å². The van der Waals surface area contributed by atoms with Crippen LogP contribution in [0.25, 0.3) is 0 Å². The van der Waals surface area contributed by atoms with Crippen LogP contribution >= 0.6 is 0 Å². The molecular formula is C12H27N3O2S. The minimum absolute atomic E-state index is 0.190. The summed E-state index contributed by atoms with van der Waals surface area (Å²) in [7, 11) is -1.67. The summed E-state index contributed by atoms with van der Waals surface area (Å²) in [6.07, 6.45) is 1.90. The van der Waals surface area contributed by atoms with E-state index in [4.69, 9.17) is 5.73 Å². The highest BCUT2D eigenvalue weighted by molar-refractivity contribution is 7.86. The van der Waals surface area contributed by atoms with Crippen LogP contribution in [0.3, 0.4) is 0 Å². The van der Waals surface area contributed by atoms with Gasteiger partial charge in [0.1, 0.15) is 0 Å². The number of rotatable bonds is 5. The Hall–Kier alpha value is -0.170. The summed E-state index contributed by atoms with van der Waals surface area (Å²) in [5, 5.41) is 0. The summed E-state index contributed by atoms with van der Waals surface area (Å²) in [5.74, 6) is 0.627. The van der Waals surface area contributed by atoms with E-state index in [2.05, 4.69) is 6.92 Å². The van der Waals surface area contributed by atoms with Gasteiger partial charge in [-0.2, -0.15) is 17.0 Å². The highest BCUT2D eigenvalue weighted by Crippen LogP contribution is 2.22. The summed E-state index contributed by atoms with van der Waals surface area (Å²) >= 11 is 0. The molecule has 1 saturated heterocycles. The van der Waals surface area contributed by atoms with Gasteiger partial charge in [-0.3, -0.25) is 0 Å². The smallest absolute Gasteiger partial charge is 0.281 e. The molecule has 108 valence electrons. The van der Waals surface area contributed by atoms with Gasteiger partial charge in [0.15, 0.2) is 0 Å². The van der Waals surface area contributed by atoms with Crippen LogP contribution in [0, 0.1) is 11.3 Å². The summed E-state index contributed by atoms with van der Waals surface area (Å²) < 4.78 is 27.8. The molecule has 1 aliphatic heterocycles. The normalized spacial score (nSPS) is 20.6. The van der Waals surface area contributed by atoms with Gasteiger partial charge in [-0.15, -0.1) is 0 Å². The molecule has 1 fully saturated rings. The molecule has 0 unspecified atom stereocenters. The molecule has 18 heavy (non-hydrogen) atoms. The Kier molecular flexibility index (Phi) is 5.17.